The van der Waals surface area contributed by atoms with Gasteiger partial charge in [0.2, 0.25) is 0 Å². The maximum atomic E-state index is 13.5. The van der Waals surface area contributed by atoms with Crippen LogP contribution in [0.4, 0.5) is 4.39 Å². The van der Waals surface area contributed by atoms with E-state index in [9.17, 15) is 9.18 Å². The molecule has 0 aliphatic heterocycles. The molecule has 1 aromatic heterocycles. The Kier molecular flexibility index (Phi) is 2.87. The highest BCUT2D eigenvalue weighted by molar-refractivity contribution is 5.89. The number of rotatable bonds is 2. The molecule has 0 amide bonds. The second-order valence-electron chi connectivity index (χ2n) is 3.61. The molecule has 0 aliphatic carbocycles. The van der Waals surface area contributed by atoms with Gasteiger partial charge in [-0.3, -0.25) is 4.98 Å². The van der Waals surface area contributed by atoms with Gasteiger partial charge < -0.3 is 5.11 Å². The van der Waals surface area contributed by atoms with Crippen molar-refractivity contribution < 1.29 is 14.3 Å². The molecule has 0 spiro atoms. The first-order valence-electron chi connectivity index (χ1n) is 5.05. The molecule has 2 aromatic rings. The highest BCUT2D eigenvalue weighted by atomic mass is 19.1. The van der Waals surface area contributed by atoms with Gasteiger partial charge in [-0.25, -0.2) is 9.18 Å². The van der Waals surface area contributed by atoms with Crippen molar-refractivity contribution in [2.75, 3.05) is 0 Å². The van der Waals surface area contributed by atoms with Crippen LogP contribution in [0.1, 0.15) is 16.1 Å². The Morgan fingerprint density at radius 1 is 1.24 bits per heavy atom. The van der Waals surface area contributed by atoms with E-state index in [1.807, 2.05) is 0 Å². The number of benzene rings is 1. The summed E-state index contributed by atoms with van der Waals surface area (Å²) in [5, 5.41) is 8.87. The van der Waals surface area contributed by atoms with Gasteiger partial charge in [0.15, 0.2) is 0 Å². The van der Waals surface area contributed by atoms with Crippen LogP contribution in [0.5, 0.6) is 0 Å². The Morgan fingerprint density at radius 2 is 1.94 bits per heavy atom. The van der Waals surface area contributed by atoms with Gasteiger partial charge in [-0.05, 0) is 31.2 Å². The van der Waals surface area contributed by atoms with Crippen molar-refractivity contribution in [3.8, 4) is 11.3 Å². The zero-order valence-corrected chi connectivity index (χ0v) is 9.14. The van der Waals surface area contributed by atoms with Crippen LogP contribution in [0.15, 0.2) is 36.4 Å². The molecule has 17 heavy (non-hydrogen) atoms. The minimum atomic E-state index is -1.03. The third kappa shape index (κ3) is 2.15. The largest absolute Gasteiger partial charge is 0.478 e. The molecule has 1 heterocycles. The number of halogens is 1. The lowest BCUT2D eigenvalue weighted by Gasteiger charge is -2.05. The zero-order chi connectivity index (χ0) is 12.4. The van der Waals surface area contributed by atoms with E-state index in [1.54, 1.807) is 25.1 Å². The van der Waals surface area contributed by atoms with Crippen molar-refractivity contribution in [2.24, 2.45) is 0 Å². The van der Waals surface area contributed by atoms with E-state index in [-0.39, 0.29) is 11.4 Å². The molecule has 0 bridgehead atoms. The number of carboxylic acids is 1. The summed E-state index contributed by atoms with van der Waals surface area (Å²) in [6.07, 6.45) is 0. The fourth-order valence-corrected chi connectivity index (χ4v) is 1.61. The van der Waals surface area contributed by atoms with Crippen LogP contribution in [0.3, 0.4) is 0 Å². The third-order valence-electron chi connectivity index (χ3n) is 2.47. The Balaban J connectivity index is 2.52. The predicted octanol–water partition coefficient (Wildman–Crippen LogP) is 2.89. The van der Waals surface area contributed by atoms with Crippen LogP contribution in [-0.2, 0) is 0 Å². The Bertz CT molecular complexity index is 581. The van der Waals surface area contributed by atoms with E-state index in [2.05, 4.69) is 4.98 Å². The SMILES string of the molecule is Cc1nc(-c2ccccc2F)ccc1C(=O)O. The van der Waals surface area contributed by atoms with Gasteiger partial charge in [0.25, 0.3) is 0 Å². The van der Waals surface area contributed by atoms with E-state index in [4.69, 9.17) is 5.11 Å². The summed E-state index contributed by atoms with van der Waals surface area (Å²) < 4.78 is 13.5. The van der Waals surface area contributed by atoms with Crippen molar-refractivity contribution in [3.05, 3.63) is 53.5 Å². The second-order valence-corrected chi connectivity index (χ2v) is 3.61. The van der Waals surface area contributed by atoms with Crippen molar-refractivity contribution in [1.82, 2.24) is 4.98 Å². The van der Waals surface area contributed by atoms with Crippen LogP contribution in [0.2, 0.25) is 0 Å². The van der Waals surface area contributed by atoms with E-state index in [0.717, 1.165) is 0 Å². The summed E-state index contributed by atoms with van der Waals surface area (Å²) in [5.74, 6) is -1.41. The lowest BCUT2D eigenvalue weighted by Crippen LogP contribution is -2.02. The van der Waals surface area contributed by atoms with Crippen molar-refractivity contribution in [2.45, 2.75) is 6.92 Å². The lowest BCUT2D eigenvalue weighted by atomic mass is 10.1. The molecular formula is C13H10FNO2. The van der Waals surface area contributed by atoms with Crippen LogP contribution in [0, 0.1) is 12.7 Å². The first-order chi connectivity index (χ1) is 8.09. The first kappa shape index (κ1) is 11.3. The second kappa shape index (κ2) is 4.33. The molecule has 0 saturated heterocycles. The normalized spacial score (nSPS) is 10.2. The number of carboxylic acid groups (broad SMARTS) is 1. The van der Waals surface area contributed by atoms with Crippen LogP contribution >= 0.6 is 0 Å². The van der Waals surface area contributed by atoms with Gasteiger partial charge in [-0.2, -0.15) is 0 Å². The van der Waals surface area contributed by atoms with E-state index in [1.165, 1.54) is 18.2 Å². The van der Waals surface area contributed by atoms with E-state index in [0.29, 0.717) is 17.0 Å². The van der Waals surface area contributed by atoms with Crippen LogP contribution < -0.4 is 0 Å². The monoisotopic (exact) mass is 231 g/mol. The van der Waals surface area contributed by atoms with Gasteiger partial charge in [-0.1, -0.05) is 12.1 Å². The quantitative estimate of drug-likeness (QED) is 0.864. The molecule has 4 heteroatoms. The Hall–Kier alpha value is -2.23. The lowest BCUT2D eigenvalue weighted by molar-refractivity contribution is 0.0695. The average Bonchev–Trinajstić information content (AvgIpc) is 2.29. The minimum Gasteiger partial charge on any atom is -0.478 e. The number of aromatic carboxylic acids is 1. The maximum Gasteiger partial charge on any atom is 0.337 e. The van der Waals surface area contributed by atoms with Gasteiger partial charge >= 0.3 is 5.97 Å². The Labute approximate surface area is 97.6 Å². The molecule has 2 rings (SSSR count). The van der Waals surface area contributed by atoms with Crippen molar-refractivity contribution in [3.63, 3.8) is 0 Å². The number of aryl methyl sites for hydroxylation is 1. The molecule has 0 unspecified atom stereocenters. The fraction of sp³-hybridized carbons (Fsp3) is 0.0769. The van der Waals surface area contributed by atoms with Gasteiger partial charge in [0.05, 0.1) is 17.0 Å². The number of carbonyl (C=O) groups is 1. The zero-order valence-electron chi connectivity index (χ0n) is 9.14. The number of hydrogen-bond acceptors (Lipinski definition) is 2. The molecule has 0 saturated carbocycles. The Morgan fingerprint density at radius 3 is 2.53 bits per heavy atom. The van der Waals surface area contributed by atoms with Crippen LogP contribution in [-0.4, -0.2) is 16.1 Å². The topological polar surface area (TPSA) is 50.2 Å². The summed E-state index contributed by atoms with van der Waals surface area (Å²) in [6.45, 7) is 1.59. The van der Waals surface area contributed by atoms with E-state index < -0.39 is 5.97 Å². The molecular weight excluding hydrogens is 221 g/mol. The summed E-state index contributed by atoms with van der Waals surface area (Å²) >= 11 is 0. The third-order valence-corrected chi connectivity index (χ3v) is 2.47. The highest BCUT2D eigenvalue weighted by Gasteiger charge is 2.11. The number of pyridine rings is 1. The molecule has 1 aromatic carbocycles. The summed E-state index contributed by atoms with van der Waals surface area (Å²) in [6, 6.07) is 9.20. The smallest absolute Gasteiger partial charge is 0.337 e. The molecule has 86 valence electrons. The first-order valence-corrected chi connectivity index (χ1v) is 5.05. The van der Waals surface area contributed by atoms with Gasteiger partial charge in [0.1, 0.15) is 5.82 Å². The van der Waals surface area contributed by atoms with E-state index >= 15 is 0 Å². The number of nitrogens with zero attached hydrogens (tertiary/aromatic N) is 1. The van der Waals surface area contributed by atoms with Crippen molar-refractivity contribution in [1.29, 1.82) is 0 Å². The predicted molar refractivity (Wildman–Crippen MR) is 61.3 cm³/mol. The fourth-order valence-electron chi connectivity index (χ4n) is 1.61. The molecule has 3 nitrogen and oxygen atoms in total. The van der Waals surface area contributed by atoms with Crippen LogP contribution in [0.25, 0.3) is 11.3 Å². The standard InChI is InChI=1S/C13H10FNO2/c1-8-9(13(16)17)6-7-12(15-8)10-4-2-3-5-11(10)14/h2-7H,1H3,(H,16,17). The molecule has 0 atom stereocenters. The number of aromatic nitrogens is 1. The minimum absolute atomic E-state index is 0.130. The maximum absolute atomic E-state index is 13.5. The summed E-state index contributed by atoms with van der Waals surface area (Å²) in [5.41, 5.74) is 1.31. The molecule has 1 N–H and O–H groups in total. The average molecular weight is 231 g/mol. The number of hydrogen-bond donors (Lipinski definition) is 1. The van der Waals surface area contributed by atoms with Gasteiger partial charge in [0, 0.05) is 5.56 Å². The molecule has 0 radical (unpaired) electrons. The molecule has 0 aliphatic rings. The molecule has 0 fully saturated rings. The summed E-state index contributed by atoms with van der Waals surface area (Å²) in [4.78, 5) is 14.9. The van der Waals surface area contributed by atoms with Gasteiger partial charge in [-0.15, -0.1) is 0 Å². The highest BCUT2D eigenvalue weighted by Crippen LogP contribution is 2.21. The van der Waals surface area contributed by atoms with Crippen molar-refractivity contribution >= 4 is 5.97 Å². The summed E-state index contributed by atoms with van der Waals surface area (Å²) in [7, 11) is 0.